The van der Waals surface area contributed by atoms with Gasteiger partial charge in [0, 0.05) is 0 Å². The van der Waals surface area contributed by atoms with E-state index in [0.717, 1.165) is 0 Å². The van der Waals surface area contributed by atoms with Crippen molar-refractivity contribution in [2.24, 2.45) is 5.41 Å². The van der Waals surface area contributed by atoms with Gasteiger partial charge in [-0.1, -0.05) is 42.5 Å². The Balaban J connectivity index is 3.55. The normalized spacial score (nSPS) is 11.7. The zero-order valence-corrected chi connectivity index (χ0v) is 14.9. The number of allylic oxidation sites excluding steroid dienone is 1. The van der Waals surface area contributed by atoms with Crippen molar-refractivity contribution in [1.29, 1.82) is 0 Å². The van der Waals surface area contributed by atoms with Gasteiger partial charge in [0.05, 0.1) is 5.41 Å². The number of hydrogen-bond acceptors (Lipinski definition) is 4. The Morgan fingerprint density at radius 1 is 0.833 bits per heavy atom. The van der Waals surface area contributed by atoms with Crippen LogP contribution in [0.1, 0.15) is 46.6 Å². The smallest absolute Gasteiger partial charge is 0.151 e. The summed E-state index contributed by atoms with van der Waals surface area (Å²) in [5.41, 5.74) is -2.08. The summed E-state index contributed by atoms with van der Waals surface area (Å²) in [5, 5.41) is 0. The fraction of sp³-hybridized carbons (Fsp3) is 0.400. The van der Waals surface area contributed by atoms with Gasteiger partial charge in [-0.3, -0.25) is 19.2 Å². The number of hydrogen-bond donors (Lipinski definition) is 0. The zero-order chi connectivity index (χ0) is 18.7. The molecule has 0 atom stereocenters. The average Bonchev–Trinajstić information content (AvgIpc) is 2.47. The van der Waals surface area contributed by atoms with Gasteiger partial charge in [-0.15, -0.1) is 0 Å². The predicted octanol–water partition coefficient (Wildman–Crippen LogP) is 3.23. The molecular weight excluding hydrogens is 304 g/mol. The van der Waals surface area contributed by atoms with Crippen molar-refractivity contribution >= 4 is 23.1 Å². The van der Waals surface area contributed by atoms with Gasteiger partial charge in [-0.25, -0.2) is 0 Å². The maximum Gasteiger partial charge on any atom is 0.151 e. The molecule has 4 nitrogen and oxygen atoms in total. The number of benzene rings is 1. The second-order valence-electron chi connectivity index (χ2n) is 6.45. The second kappa shape index (κ2) is 7.04. The molecular formula is C20H24O4. The van der Waals surface area contributed by atoms with Gasteiger partial charge in [0.25, 0.3) is 0 Å². The lowest BCUT2D eigenvalue weighted by Gasteiger charge is -2.35. The maximum absolute atomic E-state index is 12.5. The second-order valence-corrected chi connectivity index (χ2v) is 6.45. The lowest BCUT2D eigenvalue weighted by atomic mass is 9.64. The summed E-state index contributed by atoms with van der Waals surface area (Å²) < 4.78 is 0. The fourth-order valence-corrected chi connectivity index (χ4v) is 3.10. The van der Waals surface area contributed by atoms with Crippen LogP contribution in [-0.4, -0.2) is 23.1 Å². The number of carbonyl (C=O) groups is 4. The van der Waals surface area contributed by atoms with E-state index in [1.807, 2.05) is 0 Å². The highest BCUT2D eigenvalue weighted by molar-refractivity contribution is 6.14. The summed E-state index contributed by atoms with van der Waals surface area (Å²) in [6.45, 7) is 10.8. The van der Waals surface area contributed by atoms with Crippen molar-refractivity contribution in [3.8, 4) is 0 Å². The molecule has 1 rings (SSSR count). The summed E-state index contributed by atoms with van der Waals surface area (Å²) in [6.07, 6.45) is -0.0499. The van der Waals surface area contributed by atoms with Crippen molar-refractivity contribution < 1.29 is 19.2 Å². The third-order valence-corrected chi connectivity index (χ3v) is 4.91. The van der Waals surface area contributed by atoms with Crippen LogP contribution in [0, 0.1) is 5.41 Å². The van der Waals surface area contributed by atoms with Crippen molar-refractivity contribution in [2.75, 3.05) is 0 Å². The summed E-state index contributed by atoms with van der Waals surface area (Å²) in [6, 6.07) is 8.63. The molecule has 1 aromatic carbocycles. The standard InChI is InChI=1S/C20H24O4/c1-13(12-19(6,14(2)21)15(3)22)20(16(4)23,17(5)24)18-10-8-7-9-11-18/h7-11H,1,12H2,2-6H3. The van der Waals surface area contributed by atoms with Gasteiger partial charge in [0.2, 0.25) is 0 Å². The third kappa shape index (κ3) is 3.14. The van der Waals surface area contributed by atoms with Gasteiger partial charge in [0.1, 0.15) is 17.0 Å². The van der Waals surface area contributed by atoms with Crippen LogP contribution < -0.4 is 0 Å². The predicted molar refractivity (Wildman–Crippen MR) is 92.7 cm³/mol. The van der Waals surface area contributed by atoms with E-state index < -0.39 is 10.8 Å². The van der Waals surface area contributed by atoms with Crippen molar-refractivity contribution in [3.05, 3.63) is 48.0 Å². The lowest BCUT2D eigenvalue weighted by Crippen LogP contribution is -2.45. The molecule has 4 heteroatoms. The molecule has 0 heterocycles. The first-order valence-electron chi connectivity index (χ1n) is 7.79. The van der Waals surface area contributed by atoms with Crippen LogP contribution in [0.3, 0.4) is 0 Å². The monoisotopic (exact) mass is 328 g/mol. The Morgan fingerprint density at radius 3 is 1.58 bits per heavy atom. The van der Waals surface area contributed by atoms with E-state index in [1.165, 1.54) is 34.6 Å². The summed E-state index contributed by atoms with van der Waals surface area (Å²) >= 11 is 0. The van der Waals surface area contributed by atoms with Crippen LogP contribution in [0.15, 0.2) is 42.5 Å². The quantitative estimate of drug-likeness (QED) is 0.543. The molecule has 0 saturated heterocycles. The third-order valence-electron chi connectivity index (χ3n) is 4.91. The summed E-state index contributed by atoms with van der Waals surface area (Å²) in [5.74, 6) is -1.38. The van der Waals surface area contributed by atoms with Crippen LogP contribution in [0.25, 0.3) is 0 Å². The van der Waals surface area contributed by atoms with Crippen LogP contribution in [0.5, 0.6) is 0 Å². The fourth-order valence-electron chi connectivity index (χ4n) is 3.10. The molecule has 0 amide bonds. The minimum absolute atomic E-state index is 0.0499. The molecule has 0 aliphatic heterocycles. The molecule has 0 bridgehead atoms. The lowest BCUT2D eigenvalue weighted by molar-refractivity contribution is -0.139. The molecule has 0 fully saturated rings. The largest absolute Gasteiger partial charge is 0.299 e. The van der Waals surface area contributed by atoms with Gasteiger partial charge in [-0.2, -0.15) is 0 Å². The Bertz CT molecular complexity index is 670. The highest BCUT2D eigenvalue weighted by atomic mass is 16.2. The van der Waals surface area contributed by atoms with Crippen molar-refractivity contribution in [2.45, 2.75) is 46.5 Å². The molecule has 0 aromatic heterocycles. The highest BCUT2D eigenvalue weighted by Gasteiger charge is 2.48. The molecule has 0 aliphatic carbocycles. The summed E-state index contributed by atoms with van der Waals surface area (Å²) in [7, 11) is 0. The van der Waals surface area contributed by atoms with Gasteiger partial charge >= 0.3 is 0 Å². The molecule has 128 valence electrons. The molecule has 0 radical (unpaired) electrons. The minimum Gasteiger partial charge on any atom is -0.299 e. The van der Waals surface area contributed by atoms with Crippen molar-refractivity contribution in [1.82, 2.24) is 0 Å². The van der Waals surface area contributed by atoms with Gasteiger partial charge in [0.15, 0.2) is 11.6 Å². The van der Waals surface area contributed by atoms with Gasteiger partial charge in [-0.05, 0) is 46.6 Å². The first kappa shape index (κ1) is 19.7. The van der Waals surface area contributed by atoms with E-state index in [2.05, 4.69) is 6.58 Å². The van der Waals surface area contributed by atoms with Crippen LogP contribution >= 0.6 is 0 Å². The van der Waals surface area contributed by atoms with E-state index in [4.69, 9.17) is 0 Å². The highest BCUT2D eigenvalue weighted by Crippen LogP contribution is 2.40. The molecule has 0 unspecified atom stereocenters. The zero-order valence-electron chi connectivity index (χ0n) is 14.9. The van der Waals surface area contributed by atoms with E-state index in [1.54, 1.807) is 30.3 Å². The average molecular weight is 328 g/mol. The first-order valence-corrected chi connectivity index (χ1v) is 7.79. The number of carbonyl (C=O) groups excluding carboxylic acids is 4. The Kier molecular flexibility index (Phi) is 5.77. The molecule has 24 heavy (non-hydrogen) atoms. The number of rotatable bonds is 8. The van der Waals surface area contributed by atoms with E-state index in [0.29, 0.717) is 5.56 Å². The number of Topliss-reactive ketones (excluding diaryl/α,β-unsaturated/α-hetero) is 4. The SMILES string of the molecule is C=C(CC(C)(C(C)=O)C(C)=O)C(C(C)=O)(C(C)=O)c1ccccc1. The van der Waals surface area contributed by atoms with E-state index in [9.17, 15) is 19.2 Å². The maximum atomic E-state index is 12.5. The molecule has 0 saturated carbocycles. The van der Waals surface area contributed by atoms with Crippen molar-refractivity contribution in [3.63, 3.8) is 0 Å². The molecule has 0 spiro atoms. The molecule has 1 aromatic rings. The van der Waals surface area contributed by atoms with Crippen LogP contribution in [0.4, 0.5) is 0 Å². The molecule has 0 N–H and O–H groups in total. The van der Waals surface area contributed by atoms with E-state index in [-0.39, 0.29) is 35.1 Å². The molecule has 0 aliphatic rings. The Labute approximate surface area is 142 Å². The Hall–Kier alpha value is -2.36. The van der Waals surface area contributed by atoms with Crippen LogP contribution in [0.2, 0.25) is 0 Å². The Morgan fingerprint density at radius 2 is 1.25 bits per heavy atom. The summed E-state index contributed by atoms with van der Waals surface area (Å²) in [4.78, 5) is 49.1. The van der Waals surface area contributed by atoms with E-state index >= 15 is 0 Å². The number of ketones is 4. The topological polar surface area (TPSA) is 68.3 Å². The van der Waals surface area contributed by atoms with Crippen LogP contribution in [-0.2, 0) is 24.6 Å². The minimum atomic E-state index is -1.55. The first-order chi connectivity index (χ1) is 11.0. The van der Waals surface area contributed by atoms with Gasteiger partial charge < -0.3 is 0 Å².